The maximum absolute atomic E-state index is 13.0. The van der Waals surface area contributed by atoms with Gasteiger partial charge in [0.1, 0.15) is 11.7 Å². The fourth-order valence-electron chi connectivity index (χ4n) is 7.30. The summed E-state index contributed by atoms with van der Waals surface area (Å²) in [5, 5.41) is 13.6. The van der Waals surface area contributed by atoms with Gasteiger partial charge in [-0.3, -0.25) is 4.79 Å². The van der Waals surface area contributed by atoms with Crippen molar-refractivity contribution in [3.05, 3.63) is 0 Å². The van der Waals surface area contributed by atoms with Crippen LogP contribution in [0.15, 0.2) is 0 Å². The van der Waals surface area contributed by atoms with E-state index >= 15 is 0 Å². The number of hydrogen-bond acceptors (Lipinski definition) is 6. The second-order valence-corrected chi connectivity index (χ2v) is 17.1. The van der Waals surface area contributed by atoms with Gasteiger partial charge in [-0.2, -0.15) is 0 Å². The predicted octanol–water partition coefficient (Wildman–Crippen LogP) is 13.1. The number of nitrogens with one attached hydrogen (secondary N) is 1. The Morgan fingerprint density at radius 1 is 0.585 bits per heavy atom. The van der Waals surface area contributed by atoms with Gasteiger partial charge in [0.15, 0.2) is 0 Å². The molecule has 0 rings (SSSR count). The Bertz CT molecular complexity index is 816. The van der Waals surface area contributed by atoms with E-state index in [1.54, 1.807) is 0 Å². The fraction of sp³-hybridized carbons (Fsp3) is 0.957. The lowest BCUT2D eigenvalue weighted by Crippen LogP contribution is -2.34. The van der Waals surface area contributed by atoms with E-state index in [0.717, 1.165) is 103 Å². The van der Waals surface area contributed by atoms with Crippen LogP contribution in [0.2, 0.25) is 0 Å². The molecule has 53 heavy (non-hydrogen) atoms. The molecule has 0 fully saturated rings. The zero-order valence-electron chi connectivity index (χ0n) is 36.6. The molecule has 0 spiro atoms. The Morgan fingerprint density at radius 3 is 1.72 bits per heavy atom. The number of hydrogen-bond donors (Lipinski definition) is 2. The van der Waals surface area contributed by atoms with Crippen LogP contribution in [0.3, 0.4) is 0 Å². The van der Waals surface area contributed by atoms with Crippen molar-refractivity contribution < 1.29 is 24.2 Å². The zero-order valence-corrected chi connectivity index (χ0v) is 36.6. The topological polar surface area (TPSA) is 88.1 Å². The lowest BCUT2D eigenvalue weighted by Gasteiger charge is -2.23. The number of aliphatic hydroxyl groups is 1. The average Bonchev–Trinajstić information content (AvgIpc) is 3.11. The normalized spacial score (nSPS) is 13.6. The van der Waals surface area contributed by atoms with Crippen LogP contribution in [-0.2, 0) is 14.3 Å². The van der Waals surface area contributed by atoms with E-state index < -0.39 is 5.60 Å². The van der Waals surface area contributed by atoms with Crippen LogP contribution in [0.1, 0.15) is 235 Å². The standard InChI is InChI=1S/C46H92N2O5/c1-8-12-15-17-20-25-31-42(49)36-34-41(30-24-14-10-3)35-37-43(32-26-21-18-16-13-9-2)52-44(50)33-27-22-19-23-28-39-48(11-4)40-29-38-47-45(51)53-46(5,6)7/h41-43,49H,8-40H2,1-7H3,(H,47,51). The van der Waals surface area contributed by atoms with Gasteiger partial charge in [-0.25, -0.2) is 4.79 Å². The monoisotopic (exact) mass is 753 g/mol. The zero-order chi connectivity index (χ0) is 39.4. The molecule has 0 radical (unpaired) electrons. The van der Waals surface area contributed by atoms with Gasteiger partial charge < -0.3 is 24.8 Å². The van der Waals surface area contributed by atoms with E-state index in [4.69, 9.17) is 9.47 Å². The van der Waals surface area contributed by atoms with Crippen molar-refractivity contribution in [3.8, 4) is 0 Å². The molecular weight excluding hydrogens is 661 g/mol. The first-order valence-electron chi connectivity index (χ1n) is 23.1. The van der Waals surface area contributed by atoms with E-state index in [9.17, 15) is 14.7 Å². The first-order chi connectivity index (χ1) is 25.5. The first kappa shape index (κ1) is 51.7. The Morgan fingerprint density at radius 2 is 1.09 bits per heavy atom. The molecule has 0 heterocycles. The number of rotatable bonds is 38. The summed E-state index contributed by atoms with van der Waals surface area (Å²) in [5.74, 6) is 0.610. The highest BCUT2D eigenvalue weighted by Gasteiger charge is 2.19. The van der Waals surface area contributed by atoms with Crippen LogP contribution in [0, 0.1) is 5.92 Å². The van der Waals surface area contributed by atoms with E-state index in [1.807, 2.05) is 20.8 Å². The Balaban J connectivity index is 4.63. The molecule has 0 aliphatic rings. The highest BCUT2D eigenvalue weighted by atomic mass is 16.6. The Hall–Kier alpha value is -1.34. The van der Waals surface area contributed by atoms with Crippen LogP contribution in [-0.4, -0.2) is 66.1 Å². The highest BCUT2D eigenvalue weighted by Crippen LogP contribution is 2.26. The largest absolute Gasteiger partial charge is 0.462 e. The van der Waals surface area contributed by atoms with Gasteiger partial charge >= 0.3 is 12.1 Å². The van der Waals surface area contributed by atoms with Crippen molar-refractivity contribution in [2.24, 2.45) is 5.92 Å². The highest BCUT2D eigenvalue weighted by molar-refractivity contribution is 5.69. The van der Waals surface area contributed by atoms with Crippen LogP contribution in [0.4, 0.5) is 4.79 Å². The number of ether oxygens (including phenoxy) is 2. The number of amides is 1. The van der Waals surface area contributed by atoms with Gasteiger partial charge in [0.25, 0.3) is 0 Å². The van der Waals surface area contributed by atoms with Gasteiger partial charge in [0.2, 0.25) is 0 Å². The molecule has 3 unspecified atom stereocenters. The second kappa shape index (κ2) is 36.3. The van der Waals surface area contributed by atoms with Crippen molar-refractivity contribution in [1.29, 1.82) is 0 Å². The minimum Gasteiger partial charge on any atom is -0.462 e. The maximum Gasteiger partial charge on any atom is 0.407 e. The number of alkyl carbamates (subject to hydrolysis) is 1. The summed E-state index contributed by atoms with van der Waals surface area (Å²) in [6.07, 6.45) is 32.7. The second-order valence-electron chi connectivity index (χ2n) is 17.1. The molecule has 0 bridgehead atoms. The van der Waals surface area contributed by atoms with Crippen molar-refractivity contribution in [3.63, 3.8) is 0 Å². The molecule has 0 aliphatic carbocycles. The Kier molecular flexibility index (Phi) is 35.4. The Labute approximate surface area is 330 Å². The quantitative estimate of drug-likeness (QED) is 0.0482. The van der Waals surface area contributed by atoms with Gasteiger partial charge in [0.05, 0.1) is 6.10 Å². The predicted molar refractivity (Wildman–Crippen MR) is 227 cm³/mol. The molecule has 0 saturated heterocycles. The summed E-state index contributed by atoms with van der Waals surface area (Å²) < 4.78 is 11.5. The third kappa shape index (κ3) is 36.1. The summed E-state index contributed by atoms with van der Waals surface area (Å²) in [5.41, 5.74) is -0.467. The van der Waals surface area contributed by atoms with E-state index in [-0.39, 0.29) is 24.3 Å². The summed E-state index contributed by atoms with van der Waals surface area (Å²) in [6, 6.07) is 0. The number of nitrogens with zero attached hydrogens (tertiary/aromatic N) is 1. The molecule has 7 nitrogen and oxygen atoms in total. The van der Waals surface area contributed by atoms with Crippen LogP contribution in [0.5, 0.6) is 0 Å². The van der Waals surface area contributed by atoms with Crippen molar-refractivity contribution in [1.82, 2.24) is 10.2 Å². The minimum atomic E-state index is -0.467. The van der Waals surface area contributed by atoms with Gasteiger partial charge in [-0.05, 0) is 111 Å². The fourth-order valence-corrected chi connectivity index (χ4v) is 7.30. The van der Waals surface area contributed by atoms with Gasteiger partial charge in [-0.1, -0.05) is 143 Å². The smallest absolute Gasteiger partial charge is 0.407 e. The summed E-state index contributed by atoms with van der Waals surface area (Å²) >= 11 is 0. The number of esters is 1. The maximum atomic E-state index is 13.0. The molecular formula is C46H92N2O5. The van der Waals surface area contributed by atoms with Crippen LogP contribution < -0.4 is 5.32 Å². The van der Waals surface area contributed by atoms with Crippen LogP contribution in [0.25, 0.3) is 0 Å². The lowest BCUT2D eigenvalue weighted by atomic mass is 9.88. The molecule has 7 heteroatoms. The molecule has 2 N–H and O–H groups in total. The molecule has 0 saturated carbocycles. The van der Waals surface area contributed by atoms with Gasteiger partial charge in [0, 0.05) is 13.0 Å². The summed E-state index contributed by atoms with van der Waals surface area (Å²) in [7, 11) is 0. The number of carbonyl (C=O) groups excluding carboxylic acids is 2. The molecule has 0 aliphatic heterocycles. The van der Waals surface area contributed by atoms with Crippen molar-refractivity contribution in [2.45, 2.75) is 252 Å². The molecule has 1 amide bonds. The van der Waals surface area contributed by atoms with E-state index in [1.165, 1.54) is 96.3 Å². The third-order valence-electron chi connectivity index (χ3n) is 10.7. The third-order valence-corrected chi connectivity index (χ3v) is 10.7. The summed E-state index contributed by atoms with van der Waals surface area (Å²) in [4.78, 5) is 27.3. The van der Waals surface area contributed by atoms with E-state index in [2.05, 4.69) is 37.9 Å². The van der Waals surface area contributed by atoms with Crippen molar-refractivity contribution in [2.75, 3.05) is 26.2 Å². The number of aliphatic hydroxyl groups excluding tert-OH is 1. The van der Waals surface area contributed by atoms with Gasteiger partial charge in [-0.15, -0.1) is 0 Å². The molecule has 3 atom stereocenters. The average molecular weight is 753 g/mol. The summed E-state index contributed by atoms with van der Waals surface area (Å²) in [6.45, 7) is 18.3. The van der Waals surface area contributed by atoms with Crippen LogP contribution >= 0.6 is 0 Å². The minimum absolute atomic E-state index is 0.00461. The molecule has 316 valence electrons. The SMILES string of the molecule is CCCCCCCCC(O)CCC(CCCCC)CCC(CCCCCCCC)OC(=O)CCCCCCCN(CC)CCCNC(=O)OC(C)(C)C. The first-order valence-corrected chi connectivity index (χ1v) is 23.1. The molecule has 0 aromatic heterocycles. The lowest BCUT2D eigenvalue weighted by molar-refractivity contribution is -0.150. The van der Waals surface area contributed by atoms with E-state index in [0.29, 0.717) is 18.9 Å². The molecule has 0 aromatic rings. The van der Waals surface area contributed by atoms with Crippen molar-refractivity contribution >= 4 is 12.1 Å². The number of carbonyl (C=O) groups is 2. The number of unbranched alkanes of at least 4 members (excludes halogenated alkanes) is 16. The molecule has 0 aromatic carbocycles.